The molecule has 0 saturated carbocycles. The lowest BCUT2D eigenvalue weighted by atomic mass is 10.0. The van der Waals surface area contributed by atoms with E-state index in [4.69, 9.17) is 4.74 Å². The van der Waals surface area contributed by atoms with Crippen molar-refractivity contribution < 1.29 is 4.74 Å². The lowest BCUT2D eigenvalue weighted by Crippen LogP contribution is -2.26. The molecule has 1 aromatic carbocycles. The van der Waals surface area contributed by atoms with E-state index in [0.29, 0.717) is 0 Å². The first kappa shape index (κ1) is 14.1. The van der Waals surface area contributed by atoms with E-state index in [1.165, 1.54) is 11.1 Å². The van der Waals surface area contributed by atoms with Crippen LogP contribution in [0.5, 0.6) is 0 Å². The number of nitrogens with one attached hydrogen (secondary N) is 1. The fourth-order valence-corrected chi connectivity index (χ4v) is 2.39. The molecule has 19 heavy (non-hydrogen) atoms. The zero-order valence-electron chi connectivity index (χ0n) is 12.1. The molecule has 0 spiro atoms. The molecule has 1 aromatic rings. The first-order chi connectivity index (χ1) is 9.35. The van der Waals surface area contributed by atoms with Gasteiger partial charge in [-0.3, -0.25) is 0 Å². The van der Waals surface area contributed by atoms with Crippen molar-refractivity contribution in [3.8, 4) is 0 Å². The summed E-state index contributed by atoms with van der Waals surface area (Å²) >= 11 is 0. The molecule has 1 heterocycles. The minimum absolute atomic E-state index is 0.214. The standard InChI is InChI=1S/C17H25NO/c1-3-12-18-17(16-7-5-6-13-19-16)15-10-8-14(4-2)9-11-15/h7-11,17-18H,3-6,12-13H2,1-2H3. The van der Waals surface area contributed by atoms with Crippen molar-refractivity contribution in [2.24, 2.45) is 0 Å². The third-order valence-corrected chi connectivity index (χ3v) is 3.57. The molecule has 2 heteroatoms. The third kappa shape index (κ3) is 3.84. The molecule has 2 rings (SSSR count). The van der Waals surface area contributed by atoms with Gasteiger partial charge in [0.15, 0.2) is 0 Å². The van der Waals surface area contributed by atoms with Gasteiger partial charge < -0.3 is 10.1 Å². The molecule has 1 N–H and O–H groups in total. The second-order valence-corrected chi connectivity index (χ2v) is 5.08. The summed E-state index contributed by atoms with van der Waals surface area (Å²) in [6.45, 7) is 6.25. The molecule has 0 saturated heterocycles. The van der Waals surface area contributed by atoms with Crippen LogP contribution < -0.4 is 5.32 Å². The Morgan fingerprint density at radius 1 is 1.21 bits per heavy atom. The van der Waals surface area contributed by atoms with Crippen LogP contribution >= 0.6 is 0 Å². The van der Waals surface area contributed by atoms with Crippen molar-refractivity contribution in [1.29, 1.82) is 0 Å². The van der Waals surface area contributed by atoms with Gasteiger partial charge in [0.25, 0.3) is 0 Å². The predicted octanol–water partition coefficient (Wildman–Crippen LogP) is 3.98. The van der Waals surface area contributed by atoms with Crippen LogP contribution in [0, 0.1) is 0 Å². The first-order valence-corrected chi connectivity index (χ1v) is 7.50. The summed E-state index contributed by atoms with van der Waals surface area (Å²) < 4.78 is 5.85. The molecule has 0 fully saturated rings. The average Bonchev–Trinajstić information content (AvgIpc) is 2.49. The molecule has 1 aliphatic heterocycles. The highest BCUT2D eigenvalue weighted by Crippen LogP contribution is 2.26. The number of rotatable bonds is 6. The van der Waals surface area contributed by atoms with Crippen LogP contribution in [-0.2, 0) is 11.2 Å². The van der Waals surface area contributed by atoms with Gasteiger partial charge in [0.2, 0.25) is 0 Å². The van der Waals surface area contributed by atoms with Gasteiger partial charge in [-0.1, -0.05) is 38.1 Å². The first-order valence-electron chi connectivity index (χ1n) is 7.50. The lowest BCUT2D eigenvalue weighted by molar-refractivity contribution is 0.167. The van der Waals surface area contributed by atoms with E-state index >= 15 is 0 Å². The van der Waals surface area contributed by atoms with Crippen LogP contribution in [0.1, 0.15) is 50.3 Å². The molecular formula is C17H25NO. The highest BCUT2D eigenvalue weighted by molar-refractivity contribution is 5.29. The van der Waals surface area contributed by atoms with Crippen molar-refractivity contribution in [3.05, 3.63) is 47.2 Å². The zero-order valence-corrected chi connectivity index (χ0v) is 12.1. The molecule has 1 aliphatic rings. The Bertz CT molecular complexity index is 408. The van der Waals surface area contributed by atoms with Gasteiger partial charge in [-0.25, -0.2) is 0 Å². The molecule has 0 bridgehead atoms. The summed E-state index contributed by atoms with van der Waals surface area (Å²) in [7, 11) is 0. The van der Waals surface area contributed by atoms with Crippen molar-refractivity contribution in [2.45, 2.75) is 45.6 Å². The number of hydrogen-bond donors (Lipinski definition) is 1. The van der Waals surface area contributed by atoms with Gasteiger partial charge in [-0.15, -0.1) is 0 Å². The van der Waals surface area contributed by atoms with E-state index < -0.39 is 0 Å². The molecule has 0 amide bonds. The van der Waals surface area contributed by atoms with Gasteiger partial charge in [0, 0.05) is 0 Å². The summed E-state index contributed by atoms with van der Waals surface area (Å²) in [6.07, 6.45) is 6.74. The molecule has 1 atom stereocenters. The Kier molecular flexibility index (Phi) is 5.46. The molecule has 0 aromatic heterocycles. The Hall–Kier alpha value is -1.28. The van der Waals surface area contributed by atoms with Gasteiger partial charge in [-0.2, -0.15) is 0 Å². The molecule has 1 unspecified atom stereocenters. The van der Waals surface area contributed by atoms with E-state index in [2.05, 4.69) is 49.5 Å². The van der Waals surface area contributed by atoms with Crippen molar-refractivity contribution in [2.75, 3.05) is 13.2 Å². The van der Waals surface area contributed by atoms with Gasteiger partial charge >= 0.3 is 0 Å². The normalized spacial score (nSPS) is 16.6. The Labute approximate surface area is 116 Å². The summed E-state index contributed by atoms with van der Waals surface area (Å²) in [4.78, 5) is 0. The van der Waals surface area contributed by atoms with Crippen LogP contribution in [0.4, 0.5) is 0 Å². The van der Waals surface area contributed by atoms with Crippen LogP contribution in [0.15, 0.2) is 36.1 Å². The van der Waals surface area contributed by atoms with E-state index in [-0.39, 0.29) is 6.04 Å². The fraction of sp³-hybridized carbons (Fsp3) is 0.529. The van der Waals surface area contributed by atoms with Gasteiger partial charge in [-0.05, 0) is 49.4 Å². The minimum atomic E-state index is 0.214. The number of ether oxygens (including phenoxy) is 1. The third-order valence-electron chi connectivity index (χ3n) is 3.57. The fourth-order valence-electron chi connectivity index (χ4n) is 2.39. The van der Waals surface area contributed by atoms with Gasteiger partial charge in [0.1, 0.15) is 5.76 Å². The minimum Gasteiger partial charge on any atom is -0.496 e. The molecule has 0 radical (unpaired) electrons. The van der Waals surface area contributed by atoms with Crippen molar-refractivity contribution in [3.63, 3.8) is 0 Å². The molecule has 104 valence electrons. The van der Waals surface area contributed by atoms with Crippen LogP contribution in [-0.4, -0.2) is 13.2 Å². The maximum Gasteiger partial charge on any atom is 0.113 e. The SMILES string of the molecule is CCCNC(C1=CCCCO1)c1ccc(CC)cc1. The Morgan fingerprint density at radius 2 is 2.00 bits per heavy atom. The summed E-state index contributed by atoms with van der Waals surface area (Å²) in [5.74, 6) is 1.10. The number of benzene rings is 1. The second-order valence-electron chi connectivity index (χ2n) is 5.08. The van der Waals surface area contributed by atoms with Crippen LogP contribution in [0.2, 0.25) is 0 Å². The van der Waals surface area contributed by atoms with E-state index in [1.54, 1.807) is 0 Å². The number of hydrogen-bond acceptors (Lipinski definition) is 2. The highest BCUT2D eigenvalue weighted by atomic mass is 16.5. The van der Waals surface area contributed by atoms with E-state index in [1.807, 2.05) is 0 Å². The summed E-state index contributed by atoms with van der Waals surface area (Å²) in [5.41, 5.74) is 2.69. The monoisotopic (exact) mass is 259 g/mol. The summed E-state index contributed by atoms with van der Waals surface area (Å²) in [5, 5.41) is 3.60. The van der Waals surface area contributed by atoms with Crippen LogP contribution in [0.25, 0.3) is 0 Å². The van der Waals surface area contributed by atoms with Crippen molar-refractivity contribution >= 4 is 0 Å². The van der Waals surface area contributed by atoms with E-state index in [0.717, 1.165) is 44.6 Å². The average molecular weight is 259 g/mol. The largest absolute Gasteiger partial charge is 0.496 e. The number of aryl methyl sites for hydroxylation is 1. The van der Waals surface area contributed by atoms with Gasteiger partial charge in [0.05, 0.1) is 12.6 Å². The lowest BCUT2D eigenvalue weighted by Gasteiger charge is -2.25. The molecule has 2 nitrogen and oxygen atoms in total. The second kappa shape index (κ2) is 7.34. The molecule has 0 aliphatic carbocycles. The van der Waals surface area contributed by atoms with Crippen molar-refractivity contribution in [1.82, 2.24) is 5.32 Å². The maximum absolute atomic E-state index is 5.85. The predicted molar refractivity (Wildman–Crippen MR) is 80.1 cm³/mol. The topological polar surface area (TPSA) is 21.3 Å². The Balaban J connectivity index is 2.17. The van der Waals surface area contributed by atoms with Crippen LogP contribution in [0.3, 0.4) is 0 Å². The maximum atomic E-state index is 5.85. The molecular weight excluding hydrogens is 234 g/mol. The zero-order chi connectivity index (χ0) is 13.5. The number of allylic oxidation sites excluding steroid dienone is 1. The highest BCUT2D eigenvalue weighted by Gasteiger charge is 2.19. The quantitative estimate of drug-likeness (QED) is 0.834. The smallest absolute Gasteiger partial charge is 0.113 e. The summed E-state index contributed by atoms with van der Waals surface area (Å²) in [6, 6.07) is 9.11. The Morgan fingerprint density at radius 3 is 2.58 bits per heavy atom. The van der Waals surface area contributed by atoms with E-state index in [9.17, 15) is 0 Å².